The highest BCUT2D eigenvalue weighted by atomic mass is 35.5. The summed E-state index contributed by atoms with van der Waals surface area (Å²) in [7, 11) is 1.43. The van der Waals surface area contributed by atoms with Crippen molar-refractivity contribution >= 4 is 22.8 Å². The highest BCUT2D eigenvalue weighted by Crippen LogP contribution is 2.30. The van der Waals surface area contributed by atoms with Gasteiger partial charge in [0.15, 0.2) is 11.2 Å². The Labute approximate surface area is 212 Å². The zero-order valence-electron chi connectivity index (χ0n) is 19.7. The number of alkyl halides is 3. The van der Waals surface area contributed by atoms with E-state index in [1.165, 1.54) is 28.3 Å². The van der Waals surface area contributed by atoms with Crippen LogP contribution in [0.3, 0.4) is 0 Å². The van der Waals surface area contributed by atoms with Crippen molar-refractivity contribution < 1.29 is 27.8 Å². The largest absolute Gasteiger partial charge is 0.573 e. The summed E-state index contributed by atoms with van der Waals surface area (Å²) in [5, 5.41) is 10.2. The number of aryl methyl sites for hydroxylation is 1. The van der Waals surface area contributed by atoms with Gasteiger partial charge in [0.2, 0.25) is 0 Å². The average molecular weight is 539 g/mol. The number of imidazole rings is 1. The Hall–Kier alpha value is -3.77. The van der Waals surface area contributed by atoms with Gasteiger partial charge in [-0.15, -0.1) is 13.2 Å². The van der Waals surface area contributed by atoms with Crippen LogP contribution in [0.4, 0.5) is 13.2 Å². The third-order valence-electron chi connectivity index (χ3n) is 5.47. The quantitative estimate of drug-likeness (QED) is 0.363. The Morgan fingerprint density at radius 3 is 2.41 bits per heavy atom. The van der Waals surface area contributed by atoms with E-state index in [0.29, 0.717) is 10.6 Å². The molecule has 0 aliphatic carbocycles. The Morgan fingerprint density at radius 1 is 1.08 bits per heavy atom. The van der Waals surface area contributed by atoms with E-state index < -0.39 is 29.5 Å². The van der Waals surface area contributed by atoms with Gasteiger partial charge in [0.1, 0.15) is 11.5 Å². The smallest absolute Gasteiger partial charge is 0.425 e. The molecule has 0 aliphatic rings. The molecule has 37 heavy (non-hydrogen) atoms. The molecule has 4 rings (SSSR count). The van der Waals surface area contributed by atoms with Crippen LogP contribution in [0.15, 0.2) is 58.1 Å². The van der Waals surface area contributed by atoms with Crippen LogP contribution in [0.25, 0.3) is 11.2 Å². The van der Waals surface area contributed by atoms with Gasteiger partial charge in [-0.2, -0.15) is 4.98 Å². The summed E-state index contributed by atoms with van der Waals surface area (Å²) in [6.07, 6.45) is -5.46. The zero-order valence-corrected chi connectivity index (χ0v) is 20.5. The minimum Gasteiger partial charge on any atom is -0.425 e. The molecule has 0 spiro atoms. The molecule has 2 aromatic carbocycles. The van der Waals surface area contributed by atoms with Crippen LogP contribution < -0.4 is 20.7 Å². The van der Waals surface area contributed by atoms with Crippen LogP contribution >= 0.6 is 11.6 Å². The molecule has 1 N–H and O–H groups in total. The molecular formula is C24H22ClF3N4O5. The molecule has 0 aliphatic heterocycles. The summed E-state index contributed by atoms with van der Waals surface area (Å²) in [6, 6.07) is 11.5. The van der Waals surface area contributed by atoms with Gasteiger partial charge in [0, 0.05) is 24.7 Å². The zero-order chi connectivity index (χ0) is 26.9. The Morgan fingerprint density at radius 2 is 1.76 bits per heavy atom. The van der Waals surface area contributed by atoms with Crippen LogP contribution in [-0.2, 0) is 20.1 Å². The topological polar surface area (TPSA) is 101 Å². The molecule has 13 heteroatoms. The van der Waals surface area contributed by atoms with Gasteiger partial charge >= 0.3 is 18.1 Å². The first-order chi connectivity index (χ1) is 17.4. The number of ether oxygens (including phenoxy) is 2. The third-order valence-corrected chi connectivity index (χ3v) is 5.72. The van der Waals surface area contributed by atoms with Gasteiger partial charge in [0.05, 0.1) is 12.6 Å². The first-order valence-electron chi connectivity index (χ1n) is 11.1. The maximum absolute atomic E-state index is 13.4. The Kier molecular flexibility index (Phi) is 7.32. The van der Waals surface area contributed by atoms with Gasteiger partial charge in [-0.25, -0.2) is 4.79 Å². The fraction of sp³-hybridized carbons (Fsp3) is 0.292. The summed E-state index contributed by atoms with van der Waals surface area (Å²) < 4.78 is 51.4. The Balaban J connectivity index is 1.87. The number of aliphatic hydroxyl groups is 1. The number of hydrogen-bond acceptors (Lipinski definition) is 6. The number of fused-ring (bicyclic) bond motifs is 1. The fourth-order valence-corrected chi connectivity index (χ4v) is 3.83. The lowest BCUT2D eigenvalue weighted by Gasteiger charge is -2.13. The van der Waals surface area contributed by atoms with E-state index in [9.17, 15) is 27.9 Å². The lowest BCUT2D eigenvalue weighted by molar-refractivity contribution is -0.274. The second kappa shape index (κ2) is 10.3. The molecule has 4 aromatic rings. The van der Waals surface area contributed by atoms with E-state index in [4.69, 9.17) is 16.3 Å². The van der Waals surface area contributed by atoms with Crippen molar-refractivity contribution in [2.75, 3.05) is 0 Å². The number of benzene rings is 2. The average Bonchev–Trinajstić information content (AvgIpc) is 3.16. The van der Waals surface area contributed by atoms with Crippen LogP contribution in [-0.4, -0.2) is 36.3 Å². The van der Waals surface area contributed by atoms with E-state index >= 15 is 0 Å². The monoisotopic (exact) mass is 538 g/mol. The highest BCUT2D eigenvalue weighted by molar-refractivity contribution is 6.30. The SMILES string of the molecule is CC(O)CCn1c(=O)c2c(nc(Oc3cccc(OC(F)(F)F)c3)n2Cc2ccc(Cl)cc2)n(C)c1=O. The van der Waals surface area contributed by atoms with Crippen molar-refractivity contribution in [3.8, 4) is 17.5 Å². The van der Waals surface area contributed by atoms with Crippen LogP contribution in [0.1, 0.15) is 18.9 Å². The number of nitrogens with zero attached hydrogens (tertiary/aromatic N) is 4. The molecule has 0 amide bonds. The van der Waals surface area contributed by atoms with Crippen molar-refractivity contribution in [1.82, 2.24) is 18.7 Å². The number of hydrogen-bond donors (Lipinski definition) is 1. The second-order valence-electron chi connectivity index (χ2n) is 8.34. The minimum absolute atomic E-state index is 0.0231. The molecule has 0 saturated heterocycles. The Bertz CT molecular complexity index is 1540. The summed E-state index contributed by atoms with van der Waals surface area (Å²) in [4.78, 5) is 30.7. The molecule has 2 heterocycles. The fourth-order valence-electron chi connectivity index (χ4n) is 3.70. The number of aliphatic hydroxyl groups excluding tert-OH is 1. The van der Waals surface area contributed by atoms with Crippen LogP contribution in [0.5, 0.6) is 17.5 Å². The summed E-state index contributed by atoms with van der Waals surface area (Å²) >= 11 is 5.98. The van der Waals surface area contributed by atoms with Gasteiger partial charge in [-0.1, -0.05) is 29.8 Å². The van der Waals surface area contributed by atoms with Gasteiger partial charge in [-0.05, 0) is 43.2 Å². The normalized spacial score (nSPS) is 12.6. The van der Waals surface area contributed by atoms with Crippen molar-refractivity contribution in [3.05, 3.63) is 80.0 Å². The molecule has 196 valence electrons. The van der Waals surface area contributed by atoms with Gasteiger partial charge in [0.25, 0.3) is 5.56 Å². The van der Waals surface area contributed by atoms with E-state index in [-0.39, 0.29) is 42.4 Å². The predicted octanol–water partition coefficient (Wildman–Crippen LogP) is 4.06. The minimum atomic E-state index is -4.89. The van der Waals surface area contributed by atoms with E-state index in [2.05, 4.69) is 9.72 Å². The molecule has 0 fully saturated rings. The molecule has 0 bridgehead atoms. The van der Waals surface area contributed by atoms with Gasteiger partial charge in [-0.3, -0.25) is 18.5 Å². The number of halogens is 4. The third kappa shape index (κ3) is 5.97. The molecule has 0 radical (unpaired) electrons. The molecule has 2 aromatic heterocycles. The summed E-state index contributed by atoms with van der Waals surface area (Å²) in [6.45, 7) is 1.59. The lowest BCUT2D eigenvalue weighted by atomic mass is 10.2. The summed E-state index contributed by atoms with van der Waals surface area (Å²) in [5.74, 6) is -0.535. The number of rotatable bonds is 8. The van der Waals surface area contributed by atoms with Crippen LogP contribution in [0, 0.1) is 0 Å². The maximum atomic E-state index is 13.4. The van der Waals surface area contributed by atoms with Crippen molar-refractivity contribution in [2.45, 2.75) is 38.9 Å². The maximum Gasteiger partial charge on any atom is 0.573 e. The molecule has 1 atom stereocenters. The van der Waals surface area contributed by atoms with E-state index in [0.717, 1.165) is 16.7 Å². The van der Waals surface area contributed by atoms with Gasteiger partial charge < -0.3 is 14.6 Å². The first kappa shape index (κ1) is 26.3. The second-order valence-corrected chi connectivity index (χ2v) is 8.78. The standard InChI is InChI=1S/C24H22ClF3N4O5/c1-14(33)10-11-31-21(34)19-20(30(2)23(31)35)29-22(32(19)13-15-6-8-16(25)9-7-15)36-17-4-3-5-18(12-17)37-24(26,27)28/h3-9,12,14,33H,10-11,13H2,1-2H3. The highest BCUT2D eigenvalue weighted by Gasteiger charge is 2.31. The number of aromatic nitrogens is 4. The van der Waals surface area contributed by atoms with Crippen molar-refractivity contribution in [1.29, 1.82) is 0 Å². The van der Waals surface area contributed by atoms with Crippen LogP contribution in [0.2, 0.25) is 5.02 Å². The molecular weight excluding hydrogens is 517 g/mol. The summed E-state index contributed by atoms with van der Waals surface area (Å²) in [5.41, 5.74) is -0.507. The lowest BCUT2D eigenvalue weighted by Crippen LogP contribution is -2.40. The van der Waals surface area contributed by atoms with Crippen molar-refractivity contribution in [2.24, 2.45) is 7.05 Å². The molecule has 0 saturated carbocycles. The van der Waals surface area contributed by atoms with E-state index in [1.807, 2.05) is 0 Å². The molecule has 9 nitrogen and oxygen atoms in total. The van der Waals surface area contributed by atoms with E-state index in [1.54, 1.807) is 31.2 Å². The predicted molar refractivity (Wildman–Crippen MR) is 129 cm³/mol. The molecule has 1 unspecified atom stereocenters. The van der Waals surface area contributed by atoms with Crippen molar-refractivity contribution in [3.63, 3.8) is 0 Å². The first-order valence-corrected chi connectivity index (χ1v) is 11.5.